The molecule has 0 fully saturated rings. The number of benzene rings is 3. The SMILES string of the molecule is c1ccc(O[As](Oc2ccccc2)Oc2ccccc2)cc1. The Morgan fingerprint density at radius 1 is 0.409 bits per heavy atom. The molecule has 0 aromatic heterocycles. The summed E-state index contributed by atoms with van der Waals surface area (Å²) in [6.45, 7) is 0. The molecule has 0 aliphatic carbocycles. The molecule has 110 valence electrons. The number of hydrogen-bond acceptors (Lipinski definition) is 3. The maximum atomic E-state index is 5.92. The van der Waals surface area contributed by atoms with E-state index in [0.29, 0.717) is 0 Å². The first kappa shape index (κ1) is 14.6. The van der Waals surface area contributed by atoms with Crippen molar-refractivity contribution in [2.75, 3.05) is 0 Å². The molecule has 3 rings (SSSR count). The number of para-hydroxylation sites is 3. The first-order valence-electron chi connectivity index (χ1n) is 6.89. The van der Waals surface area contributed by atoms with Gasteiger partial charge in [-0.25, -0.2) is 0 Å². The van der Waals surface area contributed by atoms with Gasteiger partial charge in [-0.05, 0) is 0 Å². The third-order valence-corrected chi connectivity index (χ3v) is 5.03. The molecule has 3 aromatic rings. The molecule has 0 radical (unpaired) electrons. The van der Waals surface area contributed by atoms with Crippen molar-refractivity contribution >= 4 is 15.7 Å². The zero-order valence-corrected chi connectivity index (χ0v) is 13.7. The average molecular weight is 354 g/mol. The van der Waals surface area contributed by atoms with Crippen molar-refractivity contribution in [1.82, 2.24) is 0 Å². The second-order valence-corrected chi connectivity index (χ2v) is 6.52. The number of rotatable bonds is 6. The molecule has 0 saturated heterocycles. The van der Waals surface area contributed by atoms with Crippen LogP contribution in [0.25, 0.3) is 0 Å². The summed E-state index contributed by atoms with van der Waals surface area (Å²) in [7, 11) is 0. The molecule has 0 heterocycles. The fourth-order valence-corrected chi connectivity index (χ4v) is 3.84. The van der Waals surface area contributed by atoms with Gasteiger partial charge in [0.1, 0.15) is 0 Å². The van der Waals surface area contributed by atoms with Crippen LogP contribution in [0.3, 0.4) is 0 Å². The number of hydrogen-bond donors (Lipinski definition) is 0. The molecule has 0 amide bonds. The fraction of sp³-hybridized carbons (Fsp3) is 0. The Kier molecular flexibility index (Phi) is 5.01. The van der Waals surface area contributed by atoms with Crippen LogP contribution >= 0.6 is 0 Å². The summed E-state index contributed by atoms with van der Waals surface area (Å²) in [6.07, 6.45) is 0. The minimum atomic E-state index is -2.49. The fourth-order valence-electron chi connectivity index (χ4n) is 1.76. The average Bonchev–Trinajstić information content (AvgIpc) is 2.57. The van der Waals surface area contributed by atoms with Crippen molar-refractivity contribution in [3.05, 3.63) is 91.0 Å². The molecule has 0 spiro atoms. The molecule has 22 heavy (non-hydrogen) atoms. The zero-order valence-electron chi connectivity index (χ0n) is 11.8. The van der Waals surface area contributed by atoms with Crippen LogP contribution in [0, 0.1) is 0 Å². The summed E-state index contributed by atoms with van der Waals surface area (Å²) < 4.78 is 17.8. The van der Waals surface area contributed by atoms with Crippen LogP contribution in [-0.4, -0.2) is 15.7 Å². The second-order valence-electron chi connectivity index (χ2n) is 4.44. The van der Waals surface area contributed by atoms with Gasteiger partial charge in [-0.3, -0.25) is 0 Å². The molecular weight excluding hydrogens is 339 g/mol. The van der Waals surface area contributed by atoms with Crippen LogP contribution in [0.2, 0.25) is 0 Å². The standard InChI is InChI=1S/C18H15AsO3/c1-4-10-16(11-5-1)20-19(21-17-12-6-2-7-13-17)22-18-14-8-3-9-15-18/h1-15H. The topological polar surface area (TPSA) is 27.7 Å². The molecule has 0 aliphatic heterocycles. The van der Waals surface area contributed by atoms with Gasteiger partial charge in [-0.2, -0.15) is 0 Å². The third kappa shape index (κ3) is 4.31. The van der Waals surface area contributed by atoms with E-state index in [-0.39, 0.29) is 0 Å². The van der Waals surface area contributed by atoms with Crippen molar-refractivity contribution in [1.29, 1.82) is 0 Å². The van der Waals surface area contributed by atoms with E-state index in [9.17, 15) is 0 Å². The summed E-state index contributed by atoms with van der Waals surface area (Å²) in [5.41, 5.74) is 0. The minimum absolute atomic E-state index is 0.745. The third-order valence-electron chi connectivity index (χ3n) is 2.77. The predicted octanol–water partition coefficient (Wildman–Crippen LogP) is 4.21. The van der Waals surface area contributed by atoms with E-state index in [2.05, 4.69) is 0 Å². The Morgan fingerprint density at radius 3 is 0.955 bits per heavy atom. The Labute approximate surface area is 135 Å². The van der Waals surface area contributed by atoms with E-state index in [4.69, 9.17) is 11.2 Å². The Balaban J connectivity index is 1.75. The Morgan fingerprint density at radius 2 is 0.682 bits per heavy atom. The van der Waals surface area contributed by atoms with E-state index in [1.54, 1.807) is 0 Å². The quantitative estimate of drug-likeness (QED) is 0.621. The van der Waals surface area contributed by atoms with Crippen molar-refractivity contribution < 1.29 is 11.2 Å². The molecular formula is C18H15AsO3. The van der Waals surface area contributed by atoms with Gasteiger partial charge in [0.05, 0.1) is 0 Å². The summed E-state index contributed by atoms with van der Waals surface area (Å²) in [5, 5.41) is 0. The second kappa shape index (κ2) is 7.58. The van der Waals surface area contributed by atoms with Gasteiger partial charge in [-0.1, -0.05) is 0 Å². The van der Waals surface area contributed by atoms with Gasteiger partial charge in [-0.15, -0.1) is 0 Å². The molecule has 0 unspecified atom stereocenters. The van der Waals surface area contributed by atoms with Gasteiger partial charge < -0.3 is 0 Å². The first-order valence-corrected chi connectivity index (χ1v) is 9.19. The first-order chi connectivity index (χ1) is 10.9. The normalized spacial score (nSPS) is 10.2. The van der Waals surface area contributed by atoms with Gasteiger partial charge in [0.15, 0.2) is 0 Å². The van der Waals surface area contributed by atoms with Crippen LogP contribution in [0.1, 0.15) is 0 Å². The van der Waals surface area contributed by atoms with E-state index < -0.39 is 15.7 Å². The molecule has 0 bridgehead atoms. The predicted molar refractivity (Wildman–Crippen MR) is 87.0 cm³/mol. The van der Waals surface area contributed by atoms with Crippen molar-refractivity contribution in [2.24, 2.45) is 0 Å². The van der Waals surface area contributed by atoms with E-state index in [1.165, 1.54) is 0 Å². The molecule has 3 aromatic carbocycles. The van der Waals surface area contributed by atoms with Gasteiger partial charge >= 0.3 is 135 Å². The van der Waals surface area contributed by atoms with E-state index in [1.807, 2.05) is 91.0 Å². The van der Waals surface area contributed by atoms with Crippen LogP contribution in [0.4, 0.5) is 0 Å². The zero-order chi connectivity index (χ0) is 15.0. The summed E-state index contributed by atoms with van der Waals surface area (Å²) in [4.78, 5) is 0. The van der Waals surface area contributed by atoms with Crippen molar-refractivity contribution in [3.63, 3.8) is 0 Å². The molecule has 0 saturated carbocycles. The van der Waals surface area contributed by atoms with Gasteiger partial charge in [0.25, 0.3) is 0 Å². The molecule has 0 N–H and O–H groups in total. The van der Waals surface area contributed by atoms with Crippen LogP contribution in [0.15, 0.2) is 91.0 Å². The maximum absolute atomic E-state index is 5.92. The van der Waals surface area contributed by atoms with Crippen molar-refractivity contribution in [2.45, 2.75) is 0 Å². The molecule has 4 heteroatoms. The molecule has 0 aliphatic rings. The van der Waals surface area contributed by atoms with Gasteiger partial charge in [0.2, 0.25) is 0 Å². The summed E-state index contributed by atoms with van der Waals surface area (Å²) >= 11 is -2.49. The Bertz CT molecular complexity index is 576. The van der Waals surface area contributed by atoms with Crippen LogP contribution in [0.5, 0.6) is 17.2 Å². The van der Waals surface area contributed by atoms with Gasteiger partial charge in [0, 0.05) is 0 Å². The summed E-state index contributed by atoms with van der Waals surface area (Å²) in [6, 6.07) is 28.7. The Hall–Kier alpha value is -2.38. The van der Waals surface area contributed by atoms with Crippen LogP contribution < -0.4 is 11.2 Å². The molecule has 3 nitrogen and oxygen atoms in total. The summed E-state index contributed by atoms with van der Waals surface area (Å²) in [5.74, 6) is 2.23. The molecule has 0 atom stereocenters. The van der Waals surface area contributed by atoms with Crippen LogP contribution in [-0.2, 0) is 0 Å². The monoisotopic (exact) mass is 354 g/mol. The van der Waals surface area contributed by atoms with E-state index >= 15 is 0 Å². The van der Waals surface area contributed by atoms with E-state index in [0.717, 1.165) is 17.2 Å². The van der Waals surface area contributed by atoms with Crippen molar-refractivity contribution in [3.8, 4) is 17.2 Å².